The third-order valence-corrected chi connectivity index (χ3v) is 9.57. The largest absolute Gasteiger partial charge is 0.481 e. The van der Waals surface area contributed by atoms with Gasteiger partial charge >= 0.3 is 5.97 Å². The molecule has 0 amide bonds. The molecule has 0 spiro atoms. The standard InChI is InChI=1S/C23H34O5/c1-21-8-5-15(25)11-14(21)3-4-16-17(21)6-9-22(2)18(16)7-10-23(22,12-20(27)28)19(26)13-24/h3,15-18,24-25H,4-13H2,1-2H3,(H,27,28)/t15?,16-,17+,18+,21+,22+,23+/m1/s1. The van der Waals surface area contributed by atoms with Crippen molar-refractivity contribution in [3.63, 3.8) is 0 Å². The number of hydrogen-bond donors (Lipinski definition) is 3. The third-order valence-electron chi connectivity index (χ3n) is 9.57. The lowest BCUT2D eigenvalue weighted by molar-refractivity contribution is -0.157. The van der Waals surface area contributed by atoms with Crippen LogP contribution in [-0.4, -0.2) is 39.8 Å². The second-order valence-electron chi connectivity index (χ2n) is 10.4. The Kier molecular flexibility index (Phi) is 4.78. The number of hydrogen-bond acceptors (Lipinski definition) is 4. The minimum absolute atomic E-state index is 0.127. The molecule has 3 N–H and O–H groups in total. The smallest absolute Gasteiger partial charge is 0.304 e. The molecule has 156 valence electrons. The van der Waals surface area contributed by atoms with E-state index >= 15 is 0 Å². The van der Waals surface area contributed by atoms with Crippen LogP contribution in [0.5, 0.6) is 0 Å². The average molecular weight is 391 g/mol. The minimum Gasteiger partial charge on any atom is -0.481 e. The maximum absolute atomic E-state index is 12.9. The van der Waals surface area contributed by atoms with E-state index in [9.17, 15) is 24.9 Å². The van der Waals surface area contributed by atoms with Gasteiger partial charge in [0.1, 0.15) is 6.61 Å². The van der Waals surface area contributed by atoms with Gasteiger partial charge in [0.2, 0.25) is 0 Å². The van der Waals surface area contributed by atoms with Gasteiger partial charge in [-0.2, -0.15) is 0 Å². The molecular formula is C23H34O5. The van der Waals surface area contributed by atoms with E-state index in [1.807, 2.05) is 0 Å². The number of carboxylic acid groups (broad SMARTS) is 1. The Morgan fingerprint density at radius 2 is 1.82 bits per heavy atom. The summed E-state index contributed by atoms with van der Waals surface area (Å²) >= 11 is 0. The quantitative estimate of drug-likeness (QED) is 0.640. The van der Waals surface area contributed by atoms with Crippen molar-refractivity contribution in [2.45, 2.75) is 77.7 Å². The van der Waals surface area contributed by atoms with Crippen LogP contribution in [0.25, 0.3) is 0 Å². The van der Waals surface area contributed by atoms with E-state index in [1.165, 1.54) is 5.57 Å². The summed E-state index contributed by atoms with van der Waals surface area (Å²) in [6.45, 7) is 3.93. The molecule has 0 radical (unpaired) electrons. The van der Waals surface area contributed by atoms with Crippen molar-refractivity contribution in [3.05, 3.63) is 11.6 Å². The first-order valence-corrected chi connectivity index (χ1v) is 10.9. The second kappa shape index (κ2) is 6.66. The Balaban J connectivity index is 1.70. The van der Waals surface area contributed by atoms with Crippen LogP contribution in [0.2, 0.25) is 0 Å². The normalized spacial score (nSPS) is 47.5. The van der Waals surface area contributed by atoms with Crippen molar-refractivity contribution in [3.8, 4) is 0 Å². The minimum atomic E-state index is -0.940. The molecule has 0 bridgehead atoms. The zero-order valence-electron chi connectivity index (χ0n) is 17.1. The number of fused-ring (bicyclic) bond motifs is 5. The van der Waals surface area contributed by atoms with Gasteiger partial charge in [-0.15, -0.1) is 0 Å². The summed E-state index contributed by atoms with van der Waals surface area (Å²) in [7, 11) is 0. The molecule has 0 aromatic rings. The number of aliphatic hydroxyl groups is 2. The van der Waals surface area contributed by atoms with E-state index in [2.05, 4.69) is 19.9 Å². The van der Waals surface area contributed by atoms with E-state index in [-0.39, 0.29) is 29.1 Å². The van der Waals surface area contributed by atoms with Gasteiger partial charge in [-0.05, 0) is 80.0 Å². The van der Waals surface area contributed by atoms with Crippen molar-refractivity contribution in [2.24, 2.45) is 34.0 Å². The van der Waals surface area contributed by atoms with E-state index in [1.54, 1.807) is 0 Å². The summed E-state index contributed by atoms with van der Waals surface area (Å²) in [5.41, 5.74) is 0.249. The van der Waals surface area contributed by atoms with Crippen LogP contribution in [0.1, 0.15) is 71.6 Å². The first-order chi connectivity index (χ1) is 13.2. The molecule has 5 nitrogen and oxygen atoms in total. The fourth-order valence-corrected chi connectivity index (χ4v) is 8.03. The van der Waals surface area contributed by atoms with Crippen molar-refractivity contribution < 1.29 is 24.9 Å². The van der Waals surface area contributed by atoms with E-state index < -0.39 is 18.0 Å². The lowest BCUT2D eigenvalue weighted by atomic mass is 9.45. The zero-order chi connectivity index (χ0) is 20.3. The Morgan fingerprint density at radius 1 is 1.11 bits per heavy atom. The number of Topliss-reactive ketones (excluding diaryl/α,β-unsaturated/α-hetero) is 1. The van der Waals surface area contributed by atoms with Crippen LogP contribution in [0.3, 0.4) is 0 Å². The molecule has 3 saturated carbocycles. The fraction of sp³-hybridized carbons (Fsp3) is 0.826. The van der Waals surface area contributed by atoms with Gasteiger partial charge < -0.3 is 15.3 Å². The molecule has 0 aromatic heterocycles. The number of carbonyl (C=O) groups excluding carboxylic acids is 1. The van der Waals surface area contributed by atoms with Gasteiger partial charge in [-0.3, -0.25) is 9.59 Å². The molecule has 0 heterocycles. The van der Waals surface area contributed by atoms with Crippen LogP contribution >= 0.6 is 0 Å². The highest BCUT2D eigenvalue weighted by molar-refractivity contribution is 5.90. The van der Waals surface area contributed by atoms with E-state index in [4.69, 9.17) is 0 Å². The second-order valence-corrected chi connectivity index (χ2v) is 10.4. The molecule has 0 aliphatic heterocycles. The Labute approximate surface area is 167 Å². The van der Waals surface area contributed by atoms with E-state index in [0.717, 1.165) is 44.9 Å². The van der Waals surface area contributed by atoms with Gasteiger partial charge in [-0.25, -0.2) is 0 Å². The van der Waals surface area contributed by atoms with Gasteiger partial charge in [-0.1, -0.05) is 25.5 Å². The van der Waals surface area contributed by atoms with E-state index in [0.29, 0.717) is 24.2 Å². The number of carboxylic acids is 1. The topological polar surface area (TPSA) is 94.8 Å². The van der Waals surface area contributed by atoms with Crippen molar-refractivity contribution in [1.82, 2.24) is 0 Å². The predicted molar refractivity (Wildman–Crippen MR) is 104 cm³/mol. The lowest BCUT2D eigenvalue weighted by Crippen LogP contribution is -2.55. The summed E-state index contributed by atoms with van der Waals surface area (Å²) in [5.74, 6) is 0.109. The zero-order valence-corrected chi connectivity index (χ0v) is 17.1. The molecular weight excluding hydrogens is 356 g/mol. The highest BCUT2D eigenvalue weighted by Gasteiger charge is 2.66. The molecule has 0 aromatic carbocycles. The highest BCUT2D eigenvalue weighted by Crippen LogP contribution is 2.70. The number of aliphatic hydroxyl groups excluding tert-OH is 2. The van der Waals surface area contributed by atoms with Crippen molar-refractivity contribution in [1.29, 1.82) is 0 Å². The third kappa shape index (κ3) is 2.58. The van der Waals surface area contributed by atoms with Gasteiger partial charge in [0, 0.05) is 5.41 Å². The molecule has 1 unspecified atom stereocenters. The number of aliphatic carboxylic acids is 1. The maximum Gasteiger partial charge on any atom is 0.304 e. The Morgan fingerprint density at radius 3 is 2.50 bits per heavy atom. The Bertz CT molecular complexity index is 714. The van der Waals surface area contributed by atoms with Gasteiger partial charge in [0.25, 0.3) is 0 Å². The fourth-order valence-electron chi connectivity index (χ4n) is 8.03. The monoisotopic (exact) mass is 390 g/mol. The molecule has 4 rings (SSSR count). The summed E-state index contributed by atoms with van der Waals surface area (Å²) in [5, 5.41) is 29.4. The summed E-state index contributed by atoms with van der Waals surface area (Å²) in [6, 6.07) is 0. The number of allylic oxidation sites excluding steroid dienone is 1. The van der Waals surface area contributed by atoms with Crippen molar-refractivity contribution in [2.75, 3.05) is 6.61 Å². The predicted octanol–water partition coefficient (Wildman–Crippen LogP) is 3.33. The molecule has 4 aliphatic rings. The van der Waals surface area contributed by atoms with Crippen LogP contribution in [0.15, 0.2) is 11.6 Å². The summed E-state index contributed by atoms with van der Waals surface area (Å²) in [4.78, 5) is 24.5. The first kappa shape index (κ1) is 20.1. The summed E-state index contributed by atoms with van der Waals surface area (Å²) < 4.78 is 0. The Hall–Kier alpha value is -1.20. The van der Waals surface area contributed by atoms with Crippen LogP contribution in [0, 0.1) is 34.0 Å². The van der Waals surface area contributed by atoms with Gasteiger partial charge in [0.15, 0.2) is 5.78 Å². The average Bonchev–Trinajstić information content (AvgIpc) is 2.94. The maximum atomic E-state index is 12.9. The summed E-state index contributed by atoms with van der Waals surface area (Å²) in [6.07, 6.45) is 8.89. The molecule has 28 heavy (non-hydrogen) atoms. The molecule has 0 saturated heterocycles. The lowest BCUT2D eigenvalue weighted by Gasteiger charge is -2.59. The van der Waals surface area contributed by atoms with Crippen LogP contribution in [-0.2, 0) is 9.59 Å². The SMILES string of the molecule is C[C@]12CCC(O)CC1=CC[C@@H]1[C@@H]2CC[C@@]2(C)[C@H]1CC[C@]2(CC(=O)O)C(=O)CO. The number of ketones is 1. The number of rotatable bonds is 4. The highest BCUT2D eigenvalue weighted by atomic mass is 16.4. The van der Waals surface area contributed by atoms with Gasteiger partial charge in [0.05, 0.1) is 12.5 Å². The molecule has 3 fully saturated rings. The molecule has 4 aliphatic carbocycles. The van der Waals surface area contributed by atoms with Crippen LogP contribution in [0.4, 0.5) is 0 Å². The van der Waals surface area contributed by atoms with Crippen molar-refractivity contribution >= 4 is 11.8 Å². The molecule has 7 atom stereocenters. The van der Waals surface area contributed by atoms with Crippen LogP contribution < -0.4 is 0 Å². The number of carbonyl (C=O) groups is 2. The molecule has 5 heteroatoms. The first-order valence-electron chi connectivity index (χ1n) is 10.9.